The second-order valence-corrected chi connectivity index (χ2v) is 7.01. The van der Waals surface area contributed by atoms with E-state index in [4.69, 9.17) is 0 Å². The molecule has 21 heavy (non-hydrogen) atoms. The number of aryl methyl sites for hydroxylation is 3. The molecular formula is C13H17N5OS2. The fourth-order valence-corrected chi connectivity index (χ4v) is 3.52. The van der Waals surface area contributed by atoms with Crippen LogP contribution < -0.4 is 5.32 Å². The number of thioether (sulfide) groups is 1. The smallest absolute Gasteiger partial charge is 0.270 e. The molecule has 0 bridgehead atoms. The van der Waals surface area contributed by atoms with Gasteiger partial charge in [-0.25, -0.2) is 9.97 Å². The second kappa shape index (κ2) is 7.46. The Labute approximate surface area is 131 Å². The summed E-state index contributed by atoms with van der Waals surface area (Å²) < 4.78 is 0.973. The summed E-state index contributed by atoms with van der Waals surface area (Å²) in [5, 5.41) is 11.8. The van der Waals surface area contributed by atoms with Gasteiger partial charge in [-0.3, -0.25) is 4.79 Å². The number of hydrogen-bond acceptors (Lipinski definition) is 7. The summed E-state index contributed by atoms with van der Waals surface area (Å²) in [6.45, 7) is 6.19. The van der Waals surface area contributed by atoms with Crippen LogP contribution in [0.2, 0.25) is 0 Å². The van der Waals surface area contributed by atoms with E-state index in [0.717, 1.165) is 27.2 Å². The zero-order chi connectivity index (χ0) is 15.2. The third kappa shape index (κ3) is 5.05. The number of carbonyl (C=O) groups excluding carboxylic acids is 1. The molecule has 0 aliphatic heterocycles. The lowest BCUT2D eigenvalue weighted by atomic mass is 10.3. The monoisotopic (exact) mass is 323 g/mol. The van der Waals surface area contributed by atoms with E-state index in [0.29, 0.717) is 18.1 Å². The highest BCUT2D eigenvalue weighted by molar-refractivity contribution is 8.01. The molecule has 2 aromatic heterocycles. The molecule has 8 heteroatoms. The molecule has 0 aliphatic rings. The summed E-state index contributed by atoms with van der Waals surface area (Å²) in [5.74, 6) is 1.36. The molecule has 0 atom stereocenters. The van der Waals surface area contributed by atoms with Crippen molar-refractivity contribution in [2.24, 2.45) is 0 Å². The zero-order valence-corrected chi connectivity index (χ0v) is 13.8. The van der Waals surface area contributed by atoms with Crippen molar-refractivity contribution in [3.8, 4) is 0 Å². The lowest BCUT2D eigenvalue weighted by Crippen LogP contribution is -2.26. The van der Waals surface area contributed by atoms with Crippen molar-refractivity contribution in [3.63, 3.8) is 0 Å². The highest BCUT2D eigenvalue weighted by Gasteiger charge is 2.08. The van der Waals surface area contributed by atoms with Gasteiger partial charge in [-0.15, -0.1) is 10.2 Å². The van der Waals surface area contributed by atoms with E-state index < -0.39 is 0 Å². The minimum atomic E-state index is -0.152. The van der Waals surface area contributed by atoms with Crippen LogP contribution in [0.5, 0.6) is 0 Å². The molecule has 2 rings (SSSR count). The van der Waals surface area contributed by atoms with Crippen molar-refractivity contribution in [1.82, 2.24) is 25.5 Å². The molecule has 2 aromatic rings. The van der Waals surface area contributed by atoms with Crippen LogP contribution in [-0.4, -0.2) is 38.4 Å². The molecule has 0 unspecified atom stereocenters. The Balaban J connectivity index is 1.71. The van der Waals surface area contributed by atoms with E-state index in [9.17, 15) is 4.79 Å². The molecule has 0 fully saturated rings. The average molecular weight is 323 g/mol. The van der Waals surface area contributed by atoms with E-state index in [1.54, 1.807) is 36.1 Å². The van der Waals surface area contributed by atoms with Gasteiger partial charge in [0.25, 0.3) is 5.91 Å². The van der Waals surface area contributed by atoms with Crippen LogP contribution >= 0.6 is 23.1 Å². The Bertz CT molecular complexity index is 609. The molecule has 0 aliphatic carbocycles. The number of nitrogens with one attached hydrogen (secondary N) is 1. The van der Waals surface area contributed by atoms with Gasteiger partial charge in [0.2, 0.25) is 0 Å². The summed E-state index contributed by atoms with van der Waals surface area (Å²) in [4.78, 5) is 20.3. The molecule has 0 spiro atoms. The maximum absolute atomic E-state index is 12.0. The maximum atomic E-state index is 12.0. The lowest BCUT2D eigenvalue weighted by Gasteiger charge is -2.05. The molecule has 6 nitrogen and oxygen atoms in total. The van der Waals surface area contributed by atoms with Crippen LogP contribution in [0, 0.1) is 20.8 Å². The molecule has 1 N–H and O–H groups in total. The van der Waals surface area contributed by atoms with E-state index in [2.05, 4.69) is 25.5 Å². The third-order valence-electron chi connectivity index (χ3n) is 2.54. The van der Waals surface area contributed by atoms with E-state index in [1.807, 2.05) is 13.8 Å². The van der Waals surface area contributed by atoms with E-state index in [-0.39, 0.29) is 5.91 Å². The topological polar surface area (TPSA) is 80.7 Å². The third-order valence-corrected chi connectivity index (χ3v) is 4.60. The predicted molar refractivity (Wildman–Crippen MR) is 83.8 cm³/mol. The molecular weight excluding hydrogens is 306 g/mol. The molecule has 2 heterocycles. The fourth-order valence-electron chi connectivity index (χ4n) is 1.69. The summed E-state index contributed by atoms with van der Waals surface area (Å²) in [5.41, 5.74) is 1.22. The Hall–Kier alpha value is -1.54. The average Bonchev–Trinajstić information content (AvgIpc) is 2.82. The first-order chi connectivity index (χ1) is 10.0. The predicted octanol–water partition coefficient (Wildman–Crippen LogP) is 2.17. The number of carbonyl (C=O) groups is 1. The van der Waals surface area contributed by atoms with Crippen LogP contribution in [0.25, 0.3) is 0 Å². The highest BCUT2D eigenvalue weighted by atomic mass is 32.2. The van der Waals surface area contributed by atoms with Crippen molar-refractivity contribution in [2.45, 2.75) is 31.5 Å². The molecule has 1 amide bonds. The van der Waals surface area contributed by atoms with Crippen molar-refractivity contribution < 1.29 is 4.79 Å². The second-order valence-electron chi connectivity index (χ2n) is 4.49. The Kier molecular flexibility index (Phi) is 5.63. The Morgan fingerprint density at radius 2 is 2.10 bits per heavy atom. The summed E-state index contributed by atoms with van der Waals surface area (Å²) in [7, 11) is 0. The highest BCUT2D eigenvalue weighted by Crippen LogP contribution is 2.21. The van der Waals surface area contributed by atoms with Gasteiger partial charge in [0.05, 0.1) is 0 Å². The summed E-state index contributed by atoms with van der Waals surface area (Å²) in [6, 6.07) is 1.70. The molecule has 0 saturated heterocycles. The van der Waals surface area contributed by atoms with Crippen LogP contribution in [0.4, 0.5) is 0 Å². The summed E-state index contributed by atoms with van der Waals surface area (Å²) in [6.07, 6.45) is 0.873. The molecule has 0 saturated carbocycles. The first kappa shape index (κ1) is 15.8. The first-order valence-electron chi connectivity index (χ1n) is 6.58. The van der Waals surface area contributed by atoms with Gasteiger partial charge in [0, 0.05) is 18.0 Å². The molecule has 0 radical (unpaired) electrons. The van der Waals surface area contributed by atoms with Gasteiger partial charge in [-0.05, 0) is 33.3 Å². The quantitative estimate of drug-likeness (QED) is 0.648. The van der Waals surface area contributed by atoms with Crippen LogP contribution in [0.3, 0.4) is 0 Å². The van der Waals surface area contributed by atoms with Crippen molar-refractivity contribution in [1.29, 1.82) is 0 Å². The van der Waals surface area contributed by atoms with Gasteiger partial charge in [-0.2, -0.15) is 0 Å². The number of amides is 1. The lowest BCUT2D eigenvalue weighted by molar-refractivity contribution is 0.0948. The van der Waals surface area contributed by atoms with Gasteiger partial charge < -0.3 is 5.32 Å². The number of rotatable bonds is 6. The fraction of sp³-hybridized carbons (Fsp3) is 0.462. The Morgan fingerprint density at radius 1 is 1.29 bits per heavy atom. The van der Waals surface area contributed by atoms with Gasteiger partial charge >= 0.3 is 0 Å². The van der Waals surface area contributed by atoms with E-state index in [1.165, 1.54) is 0 Å². The van der Waals surface area contributed by atoms with Crippen molar-refractivity contribution in [3.05, 3.63) is 28.3 Å². The number of hydrogen-bond donors (Lipinski definition) is 1. The van der Waals surface area contributed by atoms with Crippen molar-refractivity contribution in [2.75, 3.05) is 12.3 Å². The van der Waals surface area contributed by atoms with Crippen LogP contribution in [-0.2, 0) is 0 Å². The maximum Gasteiger partial charge on any atom is 0.270 e. The van der Waals surface area contributed by atoms with Gasteiger partial charge in [0.15, 0.2) is 4.34 Å². The largest absolute Gasteiger partial charge is 0.351 e. The minimum Gasteiger partial charge on any atom is -0.351 e. The number of aromatic nitrogens is 4. The first-order valence-corrected chi connectivity index (χ1v) is 8.38. The van der Waals surface area contributed by atoms with E-state index >= 15 is 0 Å². The minimum absolute atomic E-state index is 0.152. The number of nitrogens with zero attached hydrogens (tertiary/aromatic N) is 4. The molecule has 0 aromatic carbocycles. The normalized spacial score (nSPS) is 10.6. The Morgan fingerprint density at radius 3 is 2.76 bits per heavy atom. The van der Waals surface area contributed by atoms with Crippen LogP contribution in [0.1, 0.15) is 33.4 Å². The summed E-state index contributed by atoms with van der Waals surface area (Å²) >= 11 is 3.25. The van der Waals surface area contributed by atoms with Gasteiger partial charge in [0.1, 0.15) is 16.5 Å². The van der Waals surface area contributed by atoms with Crippen LogP contribution in [0.15, 0.2) is 10.4 Å². The zero-order valence-electron chi connectivity index (χ0n) is 12.2. The van der Waals surface area contributed by atoms with Crippen molar-refractivity contribution >= 4 is 29.0 Å². The molecule has 112 valence electrons. The van der Waals surface area contributed by atoms with Gasteiger partial charge in [-0.1, -0.05) is 23.1 Å². The SMILES string of the molecule is Cc1cc(C(=O)NCCCSc2nnc(C)s2)nc(C)n1. The standard InChI is InChI=1S/C13H17N5OS2/c1-8-7-11(16-9(2)15-8)12(19)14-5-4-6-20-13-18-17-10(3)21-13/h7H,4-6H2,1-3H3,(H,14,19).